The van der Waals surface area contributed by atoms with Gasteiger partial charge in [0.25, 0.3) is 0 Å². The van der Waals surface area contributed by atoms with E-state index in [9.17, 15) is 8.42 Å². The third kappa shape index (κ3) is 2.26. The van der Waals surface area contributed by atoms with Gasteiger partial charge in [0.2, 0.25) is 6.79 Å². The second-order valence-corrected chi connectivity index (χ2v) is 8.80. The Morgan fingerprint density at radius 1 is 1.29 bits per heavy atom. The minimum atomic E-state index is -2.97. The number of rotatable bonds is 2. The number of hydrogen-bond donors (Lipinski definition) is 1. The molecule has 0 bridgehead atoms. The number of nitrogens with zero attached hydrogens (tertiary/aromatic N) is 1. The van der Waals surface area contributed by atoms with Gasteiger partial charge >= 0.3 is 0 Å². The summed E-state index contributed by atoms with van der Waals surface area (Å²) < 4.78 is 34.1. The molecule has 0 unspecified atom stereocenters. The van der Waals surface area contributed by atoms with Crippen LogP contribution in [0, 0.1) is 5.41 Å². The maximum atomic E-state index is 11.8. The lowest BCUT2D eigenvalue weighted by atomic mass is 10.1. The minimum absolute atomic E-state index is 0.00323. The fraction of sp³-hybridized carbons (Fsp3) is 0.462. The molecular weight excluding hydrogens is 312 g/mol. The largest absolute Gasteiger partial charge is 0.454 e. The van der Waals surface area contributed by atoms with Crippen molar-refractivity contribution in [2.24, 2.45) is 0 Å². The van der Waals surface area contributed by atoms with Gasteiger partial charge in [0.15, 0.2) is 26.5 Å². The van der Waals surface area contributed by atoms with Gasteiger partial charge < -0.3 is 14.4 Å². The lowest BCUT2D eigenvalue weighted by molar-refractivity contribution is 0.174. The van der Waals surface area contributed by atoms with Crippen molar-refractivity contribution in [1.82, 2.24) is 4.90 Å². The van der Waals surface area contributed by atoms with Gasteiger partial charge in [-0.25, -0.2) is 8.42 Å². The van der Waals surface area contributed by atoms with Gasteiger partial charge in [0.05, 0.1) is 17.5 Å². The number of fused-ring (bicyclic) bond motifs is 2. The second kappa shape index (κ2) is 4.54. The van der Waals surface area contributed by atoms with Crippen LogP contribution in [0.1, 0.15) is 5.56 Å². The Morgan fingerprint density at radius 2 is 2.10 bits per heavy atom. The van der Waals surface area contributed by atoms with E-state index in [0.29, 0.717) is 17.5 Å². The molecule has 3 heterocycles. The van der Waals surface area contributed by atoms with E-state index >= 15 is 0 Å². The number of ether oxygens (including phenoxy) is 2. The summed E-state index contributed by atoms with van der Waals surface area (Å²) in [5.74, 6) is 1.77. The maximum Gasteiger partial charge on any atom is 0.231 e. The van der Waals surface area contributed by atoms with Crippen molar-refractivity contribution in [3.05, 3.63) is 23.8 Å². The third-order valence-electron chi connectivity index (χ3n) is 3.99. The van der Waals surface area contributed by atoms with E-state index in [0.717, 1.165) is 11.3 Å². The summed E-state index contributed by atoms with van der Waals surface area (Å²) in [4.78, 5) is 1.89. The second-order valence-electron chi connectivity index (χ2n) is 5.42. The lowest BCUT2D eigenvalue weighted by Gasteiger charge is -2.23. The van der Waals surface area contributed by atoms with Crippen LogP contribution in [0.25, 0.3) is 0 Å². The highest BCUT2D eigenvalue weighted by Crippen LogP contribution is 2.39. The Bertz CT molecular complexity index is 719. The Morgan fingerprint density at radius 3 is 2.95 bits per heavy atom. The van der Waals surface area contributed by atoms with Gasteiger partial charge in [-0.1, -0.05) is 17.8 Å². The van der Waals surface area contributed by atoms with E-state index in [1.807, 2.05) is 23.1 Å². The predicted molar refractivity (Wildman–Crippen MR) is 79.7 cm³/mol. The summed E-state index contributed by atoms with van der Waals surface area (Å²) in [5.41, 5.74) is 0.995. The van der Waals surface area contributed by atoms with Crippen LogP contribution in [0.15, 0.2) is 18.2 Å². The van der Waals surface area contributed by atoms with Crippen molar-refractivity contribution < 1.29 is 17.9 Å². The van der Waals surface area contributed by atoms with Gasteiger partial charge in [0, 0.05) is 11.8 Å². The van der Waals surface area contributed by atoms with Crippen LogP contribution in [0.5, 0.6) is 11.5 Å². The first kappa shape index (κ1) is 13.3. The lowest BCUT2D eigenvalue weighted by Crippen LogP contribution is -2.36. The van der Waals surface area contributed by atoms with Crippen LogP contribution >= 0.6 is 11.8 Å². The molecular formula is C13H14N2O4S2. The van der Waals surface area contributed by atoms with Gasteiger partial charge in [-0.15, -0.1) is 0 Å². The number of hydrogen-bond acceptors (Lipinski definition) is 6. The first-order valence-electron chi connectivity index (χ1n) is 6.63. The van der Waals surface area contributed by atoms with Crippen LogP contribution in [-0.2, 0) is 16.4 Å². The SMILES string of the molecule is N=C1S[C@H]2CS(=O)(=O)C[C@H]2N1Cc1ccc2c(c1)OCO2. The Labute approximate surface area is 126 Å². The van der Waals surface area contributed by atoms with Crippen molar-refractivity contribution in [3.8, 4) is 11.5 Å². The average Bonchev–Trinajstić information content (AvgIpc) is 3.05. The van der Waals surface area contributed by atoms with Crippen LogP contribution < -0.4 is 9.47 Å². The Kier molecular flexibility index (Phi) is 2.87. The van der Waals surface area contributed by atoms with Crippen LogP contribution in [0.4, 0.5) is 0 Å². The average molecular weight is 326 g/mol. The minimum Gasteiger partial charge on any atom is -0.454 e. The van der Waals surface area contributed by atoms with Gasteiger partial charge in [-0.3, -0.25) is 5.41 Å². The molecule has 8 heteroatoms. The highest BCUT2D eigenvalue weighted by molar-refractivity contribution is 8.15. The first-order valence-corrected chi connectivity index (χ1v) is 9.33. The fourth-order valence-corrected chi connectivity index (χ4v) is 6.82. The fourth-order valence-electron chi connectivity index (χ4n) is 2.99. The molecule has 112 valence electrons. The highest BCUT2D eigenvalue weighted by atomic mass is 32.2. The summed E-state index contributed by atoms with van der Waals surface area (Å²) in [6, 6.07) is 5.60. The molecule has 6 nitrogen and oxygen atoms in total. The molecule has 0 radical (unpaired) electrons. The monoisotopic (exact) mass is 326 g/mol. The van der Waals surface area contributed by atoms with E-state index in [1.165, 1.54) is 11.8 Å². The molecule has 0 spiro atoms. The smallest absolute Gasteiger partial charge is 0.231 e. The predicted octanol–water partition coefficient (Wildman–Crippen LogP) is 1.06. The molecule has 0 aliphatic carbocycles. The zero-order valence-electron chi connectivity index (χ0n) is 11.1. The van der Waals surface area contributed by atoms with Crippen molar-refractivity contribution in [2.75, 3.05) is 18.3 Å². The van der Waals surface area contributed by atoms with Gasteiger partial charge in [-0.05, 0) is 17.7 Å². The summed E-state index contributed by atoms with van der Waals surface area (Å²) in [7, 11) is -2.97. The van der Waals surface area contributed by atoms with Crippen molar-refractivity contribution in [3.63, 3.8) is 0 Å². The molecule has 2 atom stereocenters. The molecule has 21 heavy (non-hydrogen) atoms. The van der Waals surface area contributed by atoms with Gasteiger partial charge in [-0.2, -0.15) is 0 Å². The normalized spacial score (nSPS) is 29.0. The molecule has 1 aromatic carbocycles. The highest BCUT2D eigenvalue weighted by Gasteiger charge is 2.48. The van der Waals surface area contributed by atoms with E-state index in [1.54, 1.807) is 0 Å². The number of thioether (sulfide) groups is 1. The van der Waals surface area contributed by atoms with Crippen molar-refractivity contribution in [1.29, 1.82) is 5.41 Å². The third-order valence-corrected chi connectivity index (χ3v) is 7.15. The molecule has 1 N–H and O–H groups in total. The first-order chi connectivity index (χ1) is 10.0. The van der Waals surface area contributed by atoms with Crippen LogP contribution in [0.2, 0.25) is 0 Å². The molecule has 3 aliphatic heterocycles. The van der Waals surface area contributed by atoms with Crippen LogP contribution in [0.3, 0.4) is 0 Å². The zero-order chi connectivity index (χ0) is 14.6. The Balaban J connectivity index is 1.57. The number of nitrogens with one attached hydrogen (secondary N) is 1. The molecule has 3 aliphatic rings. The molecule has 0 amide bonds. The summed E-state index contributed by atoms with van der Waals surface area (Å²) >= 11 is 1.37. The van der Waals surface area contributed by atoms with E-state index in [4.69, 9.17) is 14.9 Å². The topological polar surface area (TPSA) is 79.7 Å². The zero-order valence-corrected chi connectivity index (χ0v) is 12.7. The molecule has 1 aromatic rings. The molecule has 4 rings (SSSR count). The summed E-state index contributed by atoms with van der Waals surface area (Å²) in [6.07, 6.45) is 0. The molecule has 2 saturated heterocycles. The maximum absolute atomic E-state index is 11.8. The standard InChI is InChI=1S/C13H14N2O4S2/c14-13-15(9-5-21(16,17)6-12(9)20-13)4-8-1-2-10-11(3-8)19-7-18-10/h1-3,9,12,14H,4-7H2/t9-,12+/m1/s1. The number of benzene rings is 1. The summed E-state index contributed by atoms with van der Waals surface area (Å²) in [6.45, 7) is 0.760. The molecule has 0 aromatic heterocycles. The van der Waals surface area contributed by atoms with E-state index < -0.39 is 9.84 Å². The van der Waals surface area contributed by atoms with Gasteiger partial charge in [0.1, 0.15) is 0 Å². The molecule has 0 saturated carbocycles. The Hall–Kier alpha value is -1.41. The van der Waals surface area contributed by atoms with Crippen molar-refractivity contribution in [2.45, 2.75) is 17.8 Å². The number of amidine groups is 1. The summed E-state index contributed by atoms with van der Waals surface area (Å²) in [5, 5.41) is 8.53. The number of sulfone groups is 1. The van der Waals surface area contributed by atoms with E-state index in [-0.39, 0.29) is 29.6 Å². The van der Waals surface area contributed by atoms with Crippen LogP contribution in [-0.4, -0.2) is 48.1 Å². The quantitative estimate of drug-likeness (QED) is 0.875. The molecule has 2 fully saturated rings. The van der Waals surface area contributed by atoms with Crippen molar-refractivity contribution >= 4 is 26.8 Å². The van der Waals surface area contributed by atoms with E-state index in [2.05, 4.69) is 0 Å².